The van der Waals surface area contributed by atoms with Crippen LogP contribution in [0.5, 0.6) is 0 Å². The highest BCUT2D eigenvalue weighted by Crippen LogP contribution is 2.61. The van der Waals surface area contributed by atoms with Crippen LogP contribution in [0.25, 0.3) is 0 Å². The van der Waals surface area contributed by atoms with E-state index in [4.69, 9.17) is 0 Å². The van der Waals surface area contributed by atoms with E-state index >= 15 is 0 Å². The van der Waals surface area contributed by atoms with Crippen molar-refractivity contribution < 1.29 is 17.0 Å². The van der Waals surface area contributed by atoms with E-state index in [9.17, 15) is 0 Å². The smallest absolute Gasteiger partial charge is 0.0606 e. The Labute approximate surface area is 140 Å². The summed E-state index contributed by atoms with van der Waals surface area (Å²) in [6, 6.07) is 0. The van der Waals surface area contributed by atoms with Gasteiger partial charge in [0.05, 0.1) is 24.6 Å². The van der Waals surface area contributed by atoms with Gasteiger partial charge in [-0.3, -0.25) is 0 Å². The molecule has 0 aliphatic heterocycles. The zero-order valence-electron chi connectivity index (χ0n) is 14.8. The van der Waals surface area contributed by atoms with Crippen LogP contribution in [-0.4, -0.2) is 50.2 Å². The normalized spacial score (nSPS) is 11.7. The van der Waals surface area contributed by atoms with Gasteiger partial charge in [0.15, 0.2) is 0 Å². The van der Waals surface area contributed by atoms with Gasteiger partial charge in [0.1, 0.15) is 0 Å². The van der Waals surface area contributed by atoms with Gasteiger partial charge in [-0.15, -0.1) is 0 Å². The molecule has 0 aromatic carbocycles. The summed E-state index contributed by atoms with van der Waals surface area (Å²) >= 11 is 0. The lowest BCUT2D eigenvalue weighted by atomic mass is 10.4. The molecule has 0 aliphatic carbocycles. The van der Waals surface area contributed by atoms with E-state index in [1.807, 2.05) is 0 Å². The molecule has 0 rings (SSSR count). The van der Waals surface area contributed by atoms with Gasteiger partial charge in [0.2, 0.25) is 0 Å². The lowest BCUT2D eigenvalue weighted by Crippen LogP contribution is -3.00. The number of nitrogens with zero attached hydrogens (tertiary/aromatic N) is 1. The Hall–Kier alpha value is 0.870. The molecule has 0 aromatic rings. The number of hydrogen-bond acceptors (Lipinski definition) is 1. The van der Waals surface area contributed by atoms with Crippen LogP contribution in [0.3, 0.4) is 0 Å². The van der Waals surface area contributed by atoms with Crippen LogP contribution in [0, 0.1) is 0 Å². The number of halogens is 1. The van der Waals surface area contributed by atoms with E-state index in [2.05, 4.69) is 39.8 Å². The summed E-state index contributed by atoms with van der Waals surface area (Å²) in [5.41, 5.74) is 0. The summed E-state index contributed by atoms with van der Waals surface area (Å²) in [6.45, 7) is 8.35. The van der Waals surface area contributed by atoms with Gasteiger partial charge < -0.3 is 21.9 Å². The van der Waals surface area contributed by atoms with Crippen LogP contribution in [0.2, 0.25) is 0 Å². The van der Waals surface area contributed by atoms with Crippen LogP contribution < -0.4 is 17.0 Å². The molecular formula is C17H39BrNP. The second-order valence-electron chi connectivity index (χ2n) is 6.45. The monoisotopic (exact) mass is 367 g/mol. The van der Waals surface area contributed by atoms with Gasteiger partial charge in [-0.05, 0) is 39.8 Å². The zero-order chi connectivity index (χ0) is 14.6. The molecule has 0 aromatic heterocycles. The molecule has 0 fully saturated rings. The van der Waals surface area contributed by atoms with Crippen molar-refractivity contribution in [1.82, 2.24) is 4.90 Å². The molecule has 0 radical (unpaired) electrons. The van der Waals surface area contributed by atoms with E-state index in [1.54, 1.807) is 24.6 Å². The van der Waals surface area contributed by atoms with Crippen molar-refractivity contribution in [1.29, 1.82) is 0 Å². The summed E-state index contributed by atoms with van der Waals surface area (Å²) in [6.07, 6.45) is 16.3. The second kappa shape index (κ2) is 14.8. The van der Waals surface area contributed by atoms with Gasteiger partial charge in [-0.1, -0.05) is 40.0 Å². The van der Waals surface area contributed by atoms with Crippen LogP contribution in [0.15, 0.2) is 0 Å². The van der Waals surface area contributed by atoms with Crippen molar-refractivity contribution in [3.63, 3.8) is 0 Å². The third-order valence-electron chi connectivity index (χ3n) is 4.20. The maximum atomic E-state index is 2.36. The van der Waals surface area contributed by atoms with Gasteiger partial charge >= 0.3 is 0 Å². The maximum absolute atomic E-state index is 2.36. The fourth-order valence-corrected chi connectivity index (χ4v) is 7.99. The Morgan fingerprint density at radius 1 is 0.650 bits per heavy atom. The number of unbranched alkanes of at least 4 members (excludes halogenated alkanes) is 3. The average Bonchev–Trinajstić information content (AvgIpc) is 2.39. The van der Waals surface area contributed by atoms with E-state index in [-0.39, 0.29) is 17.0 Å². The standard InChI is InChI=1S/C17H39NP.BrH/c1-6-9-14-19(15-10-7-2,16-11-8-3)17-12-13-18(4)5;/h6-17H2,1-5H3;1H/q+1;/p-1. The zero-order valence-corrected chi connectivity index (χ0v) is 17.2. The molecular weight excluding hydrogens is 329 g/mol. The van der Waals surface area contributed by atoms with Gasteiger partial charge in [0.25, 0.3) is 0 Å². The number of hydrogen-bond donors (Lipinski definition) is 0. The molecule has 0 saturated carbocycles. The molecule has 124 valence electrons. The highest BCUT2D eigenvalue weighted by Gasteiger charge is 2.34. The minimum atomic E-state index is -0.629. The Kier molecular flexibility index (Phi) is 17.1. The number of rotatable bonds is 13. The van der Waals surface area contributed by atoms with Crippen molar-refractivity contribution in [3.8, 4) is 0 Å². The second-order valence-corrected chi connectivity index (χ2v) is 10.9. The minimum absolute atomic E-state index is 0. The van der Waals surface area contributed by atoms with E-state index in [1.165, 1.54) is 51.5 Å². The molecule has 0 bridgehead atoms. The summed E-state index contributed by atoms with van der Waals surface area (Å²) in [7, 11) is 3.80. The molecule has 0 unspecified atom stereocenters. The molecule has 0 N–H and O–H groups in total. The minimum Gasteiger partial charge on any atom is -1.00 e. The first-order chi connectivity index (χ1) is 9.10. The topological polar surface area (TPSA) is 3.24 Å². The molecule has 20 heavy (non-hydrogen) atoms. The molecule has 3 heteroatoms. The average molecular weight is 368 g/mol. The lowest BCUT2D eigenvalue weighted by molar-refractivity contribution is -0.00000451. The first kappa shape index (κ1) is 23.1. The van der Waals surface area contributed by atoms with E-state index < -0.39 is 7.26 Å². The quantitative estimate of drug-likeness (QED) is 0.451. The molecule has 0 aliphatic rings. The van der Waals surface area contributed by atoms with Crippen molar-refractivity contribution >= 4 is 7.26 Å². The predicted molar refractivity (Wildman–Crippen MR) is 94.3 cm³/mol. The van der Waals surface area contributed by atoms with E-state index in [0.717, 1.165) is 0 Å². The lowest BCUT2D eigenvalue weighted by Gasteiger charge is -2.28. The molecule has 0 saturated heterocycles. The Morgan fingerprint density at radius 2 is 1.00 bits per heavy atom. The van der Waals surface area contributed by atoms with Crippen LogP contribution in [0.1, 0.15) is 65.7 Å². The van der Waals surface area contributed by atoms with Gasteiger partial charge in [-0.2, -0.15) is 0 Å². The largest absolute Gasteiger partial charge is 1.00 e. The highest BCUT2D eigenvalue weighted by atomic mass is 79.9. The Bertz CT molecular complexity index is 176. The maximum Gasteiger partial charge on any atom is 0.0606 e. The summed E-state index contributed by atoms with van der Waals surface area (Å²) < 4.78 is 0. The molecule has 1 nitrogen and oxygen atoms in total. The summed E-state index contributed by atoms with van der Waals surface area (Å²) in [5, 5.41) is 0. The fourth-order valence-electron chi connectivity index (χ4n) is 2.87. The SMILES string of the molecule is CCCC[P+](CCCC)(CCCC)CCCN(C)C.[Br-]. The summed E-state index contributed by atoms with van der Waals surface area (Å²) in [4.78, 5) is 2.36. The third-order valence-corrected chi connectivity index (χ3v) is 9.26. The van der Waals surface area contributed by atoms with Crippen molar-refractivity contribution in [2.24, 2.45) is 0 Å². The highest BCUT2D eigenvalue weighted by molar-refractivity contribution is 7.75. The Balaban J connectivity index is 0. The van der Waals surface area contributed by atoms with Gasteiger partial charge in [-0.25, -0.2) is 0 Å². The van der Waals surface area contributed by atoms with Crippen LogP contribution >= 0.6 is 7.26 Å². The predicted octanol–water partition coefficient (Wildman–Crippen LogP) is 2.36. The van der Waals surface area contributed by atoms with Crippen molar-refractivity contribution in [3.05, 3.63) is 0 Å². The molecule has 0 atom stereocenters. The Morgan fingerprint density at radius 3 is 1.30 bits per heavy atom. The molecule has 0 amide bonds. The van der Waals surface area contributed by atoms with Crippen LogP contribution in [-0.2, 0) is 0 Å². The first-order valence-corrected chi connectivity index (χ1v) is 11.1. The third kappa shape index (κ3) is 11.5. The van der Waals surface area contributed by atoms with E-state index in [0.29, 0.717) is 0 Å². The van der Waals surface area contributed by atoms with Crippen LogP contribution in [0.4, 0.5) is 0 Å². The van der Waals surface area contributed by atoms with Crippen molar-refractivity contribution in [2.45, 2.75) is 65.7 Å². The van der Waals surface area contributed by atoms with Crippen molar-refractivity contribution in [2.75, 3.05) is 45.3 Å². The first-order valence-electron chi connectivity index (χ1n) is 8.60. The molecule has 0 heterocycles. The summed E-state index contributed by atoms with van der Waals surface area (Å²) in [5.74, 6) is 0. The molecule has 0 spiro atoms. The van der Waals surface area contributed by atoms with Gasteiger partial charge in [0, 0.05) is 13.8 Å². The fraction of sp³-hybridized carbons (Fsp3) is 1.00.